The van der Waals surface area contributed by atoms with Gasteiger partial charge in [-0.2, -0.15) is 0 Å². The maximum atomic E-state index is 13.3. The zero-order valence-electron chi connectivity index (χ0n) is 19.4. The molecule has 3 aromatic carbocycles. The molecule has 1 unspecified atom stereocenters. The van der Waals surface area contributed by atoms with Crippen LogP contribution in [0.4, 0.5) is 4.39 Å². The largest absolute Gasteiger partial charge is 0.492 e. The summed E-state index contributed by atoms with van der Waals surface area (Å²) >= 11 is 6.17. The summed E-state index contributed by atoms with van der Waals surface area (Å²) in [7, 11) is 0. The van der Waals surface area contributed by atoms with Crippen LogP contribution in [0.1, 0.15) is 36.6 Å². The lowest BCUT2D eigenvalue weighted by Gasteiger charge is -2.17. The van der Waals surface area contributed by atoms with Gasteiger partial charge in [0.15, 0.2) is 0 Å². The predicted molar refractivity (Wildman–Crippen MR) is 135 cm³/mol. The van der Waals surface area contributed by atoms with E-state index in [1.54, 1.807) is 12.1 Å². The number of aryl methyl sites for hydroxylation is 1. The van der Waals surface area contributed by atoms with E-state index in [2.05, 4.69) is 10.6 Å². The van der Waals surface area contributed by atoms with Gasteiger partial charge in [0.25, 0.3) is 0 Å². The number of para-hydroxylation sites is 3. The molecule has 1 fully saturated rings. The Morgan fingerprint density at radius 1 is 1.00 bits per heavy atom. The number of imidazole rings is 1. The molecule has 1 amide bonds. The fraction of sp³-hybridized carbons (Fsp3) is 0.286. The molecule has 35 heavy (non-hydrogen) atoms. The van der Waals surface area contributed by atoms with Crippen LogP contribution in [0.15, 0.2) is 72.8 Å². The van der Waals surface area contributed by atoms with Gasteiger partial charge in [0.05, 0.1) is 22.7 Å². The SMILES string of the molecule is O=C1CC(c2nc3ccccc3n2CCCCOc2ccccc2Cl)CN1Cc1ccc(F)cc1. The van der Waals surface area contributed by atoms with Gasteiger partial charge in [-0.25, -0.2) is 9.37 Å². The molecule has 1 saturated heterocycles. The number of nitrogens with zero attached hydrogens (tertiary/aromatic N) is 3. The third-order valence-electron chi connectivity index (χ3n) is 6.42. The van der Waals surface area contributed by atoms with Crippen molar-refractivity contribution in [3.8, 4) is 5.75 Å². The number of amides is 1. The number of hydrogen-bond donors (Lipinski definition) is 0. The standard InChI is InChI=1S/C28H27ClFN3O2/c29-23-7-1-4-10-26(23)35-16-6-5-15-33-25-9-3-2-8-24(25)31-28(33)21-17-27(34)32(19-21)18-20-11-13-22(30)14-12-20/h1-4,7-14,21H,5-6,15-19H2. The average molecular weight is 492 g/mol. The number of rotatable bonds is 9. The summed E-state index contributed by atoms with van der Waals surface area (Å²) in [5.41, 5.74) is 2.95. The van der Waals surface area contributed by atoms with Gasteiger partial charge in [-0.15, -0.1) is 0 Å². The number of benzene rings is 3. The van der Waals surface area contributed by atoms with Crippen LogP contribution < -0.4 is 4.74 Å². The lowest BCUT2D eigenvalue weighted by atomic mass is 10.1. The monoisotopic (exact) mass is 491 g/mol. The topological polar surface area (TPSA) is 47.4 Å². The number of hydrogen-bond acceptors (Lipinski definition) is 3. The summed E-state index contributed by atoms with van der Waals surface area (Å²) in [4.78, 5) is 19.6. The zero-order valence-corrected chi connectivity index (χ0v) is 20.1. The Hall–Kier alpha value is -3.38. The predicted octanol–water partition coefficient (Wildman–Crippen LogP) is 6.20. The highest BCUT2D eigenvalue weighted by Crippen LogP contribution is 2.31. The maximum absolute atomic E-state index is 13.3. The number of aromatic nitrogens is 2. The van der Waals surface area contributed by atoms with Crippen molar-refractivity contribution >= 4 is 28.5 Å². The first-order valence-electron chi connectivity index (χ1n) is 11.9. The van der Waals surface area contributed by atoms with Crippen LogP contribution in [0, 0.1) is 5.82 Å². The van der Waals surface area contributed by atoms with E-state index in [9.17, 15) is 9.18 Å². The van der Waals surface area contributed by atoms with E-state index in [1.165, 1.54) is 12.1 Å². The normalized spacial score (nSPS) is 15.8. The van der Waals surface area contributed by atoms with Gasteiger partial charge in [0.1, 0.15) is 17.4 Å². The van der Waals surface area contributed by atoms with Crippen molar-refractivity contribution < 1.29 is 13.9 Å². The van der Waals surface area contributed by atoms with Crippen LogP contribution in [0.3, 0.4) is 0 Å². The van der Waals surface area contributed by atoms with Crippen LogP contribution in [0.2, 0.25) is 5.02 Å². The molecule has 4 aromatic rings. The van der Waals surface area contributed by atoms with Crippen molar-refractivity contribution in [2.24, 2.45) is 0 Å². The van der Waals surface area contributed by atoms with Crippen molar-refractivity contribution in [2.45, 2.75) is 38.3 Å². The first kappa shape index (κ1) is 23.4. The Labute approximate surface area is 209 Å². The number of ether oxygens (including phenoxy) is 1. The third-order valence-corrected chi connectivity index (χ3v) is 6.73. The second-order valence-electron chi connectivity index (χ2n) is 8.90. The highest BCUT2D eigenvalue weighted by atomic mass is 35.5. The van der Waals surface area contributed by atoms with Crippen molar-refractivity contribution in [1.29, 1.82) is 0 Å². The van der Waals surface area contributed by atoms with E-state index >= 15 is 0 Å². The summed E-state index contributed by atoms with van der Waals surface area (Å²) in [6.45, 7) is 2.47. The van der Waals surface area contributed by atoms with Gasteiger partial charge in [-0.3, -0.25) is 4.79 Å². The van der Waals surface area contributed by atoms with E-state index < -0.39 is 0 Å². The molecule has 5 nitrogen and oxygen atoms in total. The summed E-state index contributed by atoms with van der Waals surface area (Å²) < 4.78 is 21.3. The van der Waals surface area contributed by atoms with Crippen molar-refractivity contribution in [3.05, 3.63) is 95.0 Å². The molecule has 5 rings (SSSR count). The zero-order chi connectivity index (χ0) is 24.2. The second-order valence-corrected chi connectivity index (χ2v) is 9.31. The van der Waals surface area contributed by atoms with Crippen molar-refractivity contribution in [2.75, 3.05) is 13.2 Å². The minimum Gasteiger partial charge on any atom is -0.492 e. The molecule has 180 valence electrons. The Kier molecular flexibility index (Phi) is 7.00. The summed E-state index contributed by atoms with van der Waals surface area (Å²) in [6, 6.07) is 21.9. The minimum atomic E-state index is -0.273. The smallest absolute Gasteiger partial charge is 0.223 e. The highest BCUT2D eigenvalue weighted by Gasteiger charge is 2.33. The van der Waals surface area contributed by atoms with Crippen LogP contribution in [0.5, 0.6) is 5.75 Å². The third kappa shape index (κ3) is 5.33. The second kappa shape index (κ2) is 10.5. The fourth-order valence-corrected chi connectivity index (χ4v) is 4.86. The Morgan fingerprint density at radius 2 is 1.77 bits per heavy atom. The number of carbonyl (C=O) groups is 1. The van der Waals surface area contributed by atoms with E-state index in [-0.39, 0.29) is 17.6 Å². The van der Waals surface area contributed by atoms with E-state index in [1.807, 2.05) is 47.4 Å². The molecule has 1 aliphatic rings. The molecule has 0 spiro atoms. The first-order valence-corrected chi connectivity index (χ1v) is 12.3. The minimum absolute atomic E-state index is 0.0229. The summed E-state index contributed by atoms with van der Waals surface area (Å²) in [5, 5.41) is 0.617. The van der Waals surface area contributed by atoms with Gasteiger partial charge in [-0.05, 0) is 54.8 Å². The molecule has 2 heterocycles. The van der Waals surface area contributed by atoms with E-state index in [0.717, 1.165) is 41.8 Å². The van der Waals surface area contributed by atoms with Crippen LogP contribution in [-0.2, 0) is 17.9 Å². The van der Waals surface area contributed by atoms with Gasteiger partial charge in [-0.1, -0.05) is 48.0 Å². The van der Waals surface area contributed by atoms with Crippen LogP contribution in [-0.4, -0.2) is 33.5 Å². The van der Waals surface area contributed by atoms with Gasteiger partial charge in [0, 0.05) is 32.0 Å². The molecule has 1 atom stereocenters. The van der Waals surface area contributed by atoms with Gasteiger partial charge >= 0.3 is 0 Å². The molecule has 0 N–H and O–H groups in total. The lowest BCUT2D eigenvalue weighted by Crippen LogP contribution is -2.24. The van der Waals surface area contributed by atoms with E-state index in [0.29, 0.717) is 36.9 Å². The summed E-state index contributed by atoms with van der Waals surface area (Å²) in [6.07, 6.45) is 2.22. The molecule has 1 aliphatic heterocycles. The molecule has 7 heteroatoms. The van der Waals surface area contributed by atoms with Crippen LogP contribution in [0.25, 0.3) is 11.0 Å². The fourth-order valence-electron chi connectivity index (χ4n) is 4.66. The molecule has 0 radical (unpaired) electrons. The number of carbonyl (C=O) groups excluding carboxylic acids is 1. The molecule has 0 saturated carbocycles. The lowest BCUT2D eigenvalue weighted by molar-refractivity contribution is -0.128. The highest BCUT2D eigenvalue weighted by molar-refractivity contribution is 6.32. The molecule has 1 aromatic heterocycles. The first-order chi connectivity index (χ1) is 17.1. The quantitative estimate of drug-likeness (QED) is 0.262. The van der Waals surface area contributed by atoms with Crippen molar-refractivity contribution in [3.63, 3.8) is 0 Å². The van der Waals surface area contributed by atoms with Crippen molar-refractivity contribution in [1.82, 2.24) is 14.5 Å². The molecular formula is C28H27ClFN3O2. The Balaban J connectivity index is 1.26. The Bertz CT molecular complexity index is 1320. The van der Waals surface area contributed by atoms with Gasteiger partial charge in [0.2, 0.25) is 5.91 Å². The molecule has 0 aliphatic carbocycles. The Morgan fingerprint density at radius 3 is 2.60 bits per heavy atom. The molecular weight excluding hydrogens is 465 g/mol. The average Bonchev–Trinajstić information content (AvgIpc) is 3.41. The maximum Gasteiger partial charge on any atom is 0.223 e. The van der Waals surface area contributed by atoms with Gasteiger partial charge < -0.3 is 14.2 Å². The number of unbranched alkanes of at least 4 members (excludes halogenated alkanes) is 1. The van der Waals surface area contributed by atoms with Crippen LogP contribution >= 0.6 is 11.6 Å². The number of halogens is 2. The summed E-state index contributed by atoms with van der Waals surface area (Å²) in [5.74, 6) is 1.51. The number of fused-ring (bicyclic) bond motifs is 1. The number of likely N-dealkylation sites (tertiary alicyclic amines) is 1. The van der Waals surface area contributed by atoms with E-state index in [4.69, 9.17) is 21.3 Å². The molecule has 0 bridgehead atoms.